The molecular formula is C19H19BrN2O2. The van der Waals surface area contributed by atoms with Crippen LogP contribution in [0.1, 0.15) is 28.4 Å². The molecule has 2 fully saturated rings. The number of nitrogens with zero attached hydrogens (tertiary/aromatic N) is 2. The molecule has 0 spiro atoms. The standard InChI is InChI=1S/C19H19BrN2O2/c20-14-6-7-17(21-10-14)19(23)22-11-15(13-4-2-1-3-5-13)16-12-24-9-8-18(16)22/h1-7,10,15-16,18H,8-9,11-12H2/t15-,16+,18-/m1/s1. The van der Waals surface area contributed by atoms with E-state index in [0.717, 1.165) is 30.7 Å². The number of ether oxygens (including phenoxy) is 1. The van der Waals surface area contributed by atoms with Gasteiger partial charge in [-0.15, -0.1) is 0 Å². The first-order valence-corrected chi connectivity index (χ1v) is 9.08. The number of halogens is 1. The number of fused-ring (bicyclic) bond motifs is 1. The number of rotatable bonds is 2. The van der Waals surface area contributed by atoms with Crippen LogP contribution in [0, 0.1) is 5.92 Å². The molecule has 4 rings (SSSR count). The Balaban J connectivity index is 1.63. The fourth-order valence-corrected chi connectivity index (χ4v) is 4.17. The Hall–Kier alpha value is -1.72. The highest BCUT2D eigenvalue weighted by Crippen LogP contribution is 2.41. The van der Waals surface area contributed by atoms with Crippen LogP contribution in [0.3, 0.4) is 0 Å². The summed E-state index contributed by atoms with van der Waals surface area (Å²) in [6, 6.07) is 14.4. The van der Waals surface area contributed by atoms with Gasteiger partial charge < -0.3 is 9.64 Å². The van der Waals surface area contributed by atoms with Gasteiger partial charge in [-0.05, 0) is 40.0 Å². The number of carbonyl (C=O) groups excluding carboxylic acids is 1. The summed E-state index contributed by atoms with van der Waals surface area (Å²) in [4.78, 5) is 19.3. The summed E-state index contributed by atoms with van der Waals surface area (Å²) >= 11 is 3.37. The van der Waals surface area contributed by atoms with Gasteiger partial charge in [-0.1, -0.05) is 30.3 Å². The minimum Gasteiger partial charge on any atom is -0.381 e. The van der Waals surface area contributed by atoms with Crippen LogP contribution >= 0.6 is 15.9 Å². The van der Waals surface area contributed by atoms with Crippen molar-refractivity contribution in [3.63, 3.8) is 0 Å². The van der Waals surface area contributed by atoms with E-state index in [4.69, 9.17) is 4.74 Å². The average Bonchev–Trinajstić information content (AvgIpc) is 3.02. The molecule has 0 aliphatic carbocycles. The summed E-state index contributed by atoms with van der Waals surface area (Å²) in [5.74, 6) is 0.717. The van der Waals surface area contributed by atoms with Crippen molar-refractivity contribution in [1.29, 1.82) is 0 Å². The highest BCUT2D eigenvalue weighted by Gasteiger charge is 2.46. The van der Waals surface area contributed by atoms with Crippen molar-refractivity contribution in [1.82, 2.24) is 9.88 Å². The van der Waals surface area contributed by atoms with Crippen LogP contribution in [-0.2, 0) is 4.74 Å². The minimum absolute atomic E-state index is 0.0258. The van der Waals surface area contributed by atoms with Crippen molar-refractivity contribution in [3.05, 3.63) is 64.4 Å². The van der Waals surface area contributed by atoms with Gasteiger partial charge in [0.15, 0.2) is 0 Å². The van der Waals surface area contributed by atoms with Gasteiger partial charge in [0.25, 0.3) is 5.91 Å². The average molecular weight is 387 g/mol. The SMILES string of the molecule is O=C(c1ccc(Br)cn1)N1C[C@H](c2ccccc2)[C@@H]2COCC[C@H]21. The summed E-state index contributed by atoms with van der Waals surface area (Å²) in [5, 5.41) is 0. The third kappa shape index (κ3) is 2.87. The second-order valence-electron chi connectivity index (χ2n) is 6.43. The molecule has 4 nitrogen and oxygen atoms in total. The van der Waals surface area contributed by atoms with E-state index in [1.54, 1.807) is 12.3 Å². The van der Waals surface area contributed by atoms with E-state index in [1.807, 2.05) is 17.0 Å². The van der Waals surface area contributed by atoms with Gasteiger partial charge in [0, 0.05) is 41.7 Å². The van der Waals surface area contributed by atoms with Crippen LogP contribution in [0.2, 0.25) is 0 Å². The Bertz CT molecular complexity index is 720. The van der Waals surface area contributed by atoms with Crippen LogP contribution in [-0.4, -0.2) is 41.6 Å². The van der Waals surface area contributed by atoms with E-state index in [-0.39, 0.29) is 11.9 Å². The molecule has 2 aliphatic rings. The van der Waals surface area contributed by atoms with Gasteiger partial charge >= 0.3 is 0 Å². The normalized spacial score (nSPS) is 26.2. The number of hydrogen-bond donors (Lipinski definition) is 0. The Morgan fingerprint density at radius 3 is 2.79 bits per heavy atom. The molecule has 2 aliphatic heterocycles. The van der Waals surface area contributed by atoms with E-state index < -0.39 is 0 Å². The van der Waals surface area contributed by atoms with Crippen molar-refractivity contribution in [2.24, 2.45) is 5.92 Å². The van der Waals surface area contributed by atoms with Crippen molar-refractivity contribution >= 4 is 21.8 Å². The quantitative estimate of drug-likeness (QED) is 0.793. The first-order valence-electron chi connectivity index (χ1n) is 8.29. The predicted octanol–water partition coefficient (Wildman–Crippen LogP) is 3.49. The molecule has 3 atom stereocenters. The summed E-state index contributed by atoms with van der Waals surface area (Å²) in [6.07, 6.45) is 2.58. The van der Waals surface area contributed by atoms with E-state index in [0.29, 0.717) is 17.5 Å². The summed E-state index contributed by atoms with van der Waals surface area (Å²) < 4.78 is 6.61. The van der Waals surface area contributed by atoms with E-state index >= 15 is 0 Å². The zero-order valence-electron chi connectivity index (χ0n) is 13.3. The molecule has 0 bridgehead atoms. The highest BCUT2D eigenvalue weighted by molar-refractivity contribution is 9.10. The molecule has 1 amide bonds. The van der Waals surface area contributed by atoms with Crippen LogP contribution in [0.15, 0.2) is 53.1 Å². The lowest BCUT2D eigenvalue weighted by Gasteiger charge is -2.32. The lowest BCUT2D eigenvalue weighted by atomic mass is 9.84. The number of likely N-dealkylation sites (tertiary alicyclic amines) is 1. The molecule has 0 unspecified atom stereocenters. The second-order valence-corrected chi connectivity index (χ2v) is 7.35. The smallest absolute Gasteiger partial charge is 0.272 e. The minimum atomic E-state index is 0.0258. The van der Waals surface area contributed by atoms with Gasteiger partial charge in [-0.3, -0.25) is 4.79 Å². The fourth-order valence-electron chi connectivity index (χ4n) is 3.94. The van der Waals surface area contributed by atoms with Crippen molar-refractivity contribution in [2.45, 2.75) is 18.4 Å². The van der Waals surface area contributed by atoms with Crippen LogP contribution < -0.4 is 0 Å². The monoisotopic (exact) mass is 386 g/mol. The predicted molar refractivity (Wildman–Crippen MR) is 94.9 cm³/mol. The van der Waals surface area contributed by atoms with Gasteiger partial charge in [-0.2, -0.15) is 0 Å². The molecule has 124 valence electrons. The van der Waals surface area contributed by atoms with Crippen LogP contribution in [0.5, 0.6) is 0 Å². The molecule has 5 heteroatoms. The molecule has 2 aromatic rings. The summed E-state index contributed by atoms with van der Waals surface area (Å²) in [6.45, 7) is 2.18. The Labute approximate surface area is 150 Å². The van der Waals surface area contributed by atoms with Gasteiger partial charge in [0.1, 0.15) is 5.69 Å². The molecular weight excluding hydrogens is 368 g/mol. The van der Waals surface area contributed by atoms with Crippen molar-refractivity contribution in [3.8, 4) is 0 Å². The molecule has 0 saturated carbocycles. The van der Waals surface area contributed by atoms with Gasteiger partial charge in [0.2, 0.25) is 0 Å². The molecule has 24 heavy (non-hydrogen) atoms. The maximum absolute atomic E-state index is 13.0. The van der Waals surface area contributed by atoms with Crippen molar-refractivity contribution < 1.29 is 9.53 Å². The number of benzene rings is 1. The van der Waals surface area contributed by atoms with E-state index in [1.165, 1.54) is 5.56 Å². The third-order valence-electron chi connectivity index (χ3n) is 5.11. The Morgan fingerprint density at radius 2 is 2.04 bits per heavy atom. The fraction of sp³-hybridized carbons (Fsp3) is 0.368. The highest BCUT2D eigenvalue weighted by atomic mass is 79.9. The number of aromatic nitrogens is 1. The number of hydrogen-bond acceptors (Lipinski definition) is 3. The molecule has 3 heterocycles. The van der Waals surface area contributed by atoms with Crippen LogP contribution in [0.25, 0.3) is 0 Å². The van der Waals surface area contributed by atoms with E-state index in [9.17, 15) is 4.79 Å². The molecule has 2 saturated heterocycles. The summed E-state index contributed by atoms with van der Waals surface area (Å²) in [5.41, 5.74) is 1.80. The lowest BCUT2D eigenvalue weighted by Crippen LogP contribution is -2.42. The first-order chi connectivity index (χ1) is 11.7. The van der Waals surface area contributed by atoms with Crippen molar-refractivity contribution in [2.75, 3.05) is 19.8 Å². The maximum atomic E-state index is 13.0. The second kappa shape index (κ2) is 6.65. The van der Waals surface area contributed by atoms with Gasteiger partial charge in [0.05, 0.1) is 6.61 Å². The molecule has 1 aromatic heterocycles. The zero-order valence-corrected chi connectivity index (χ0v) is 14.9. The topological polar surface area (TPSA) is 42.4 Å². The molecule has 0 N–H and O–H groups in total. The van der Waals surface area contributed by atoms with Crippen LogP contribution in [0.4, 0.5) is 0 Å². The van der Waals surface area contributed by atoms with Gasteiger partial charge in [-0.25, -0.2) is 4.98 Å². The Morgan fingerprint density at radius 1 is 1.21 bits per heavy atom. The number of pyridine rings is 1. The molecule has 0 radical (unpaired) electrons. The third-order valence-corrected chi connectivity index (χ3v) is 5.58. The largest absolute Gasteiger partial charge is 0.381 e. The number of carbonyl (C=O) groups is 1. The van der Waals surface area contributed by atoms with E-state index in [2.05, 4.69) is 45.2 Å². The zero-order chi connectivity index (χ0) is 16.5. The summed E-state index contributed by atoms with van der Waals surface area (Å²) in [7, 11) is 0. The maximum Gasteiger partial charge on any atom is 0.272 e. The Kier molecular flexibility index (Phi) is 4.37. The number of amides is 1. The first kappa shape index (κ1) is 15.8. The molecule has 1 aromatic carbocycles. The lowest BCUT2D eigenvalue weighted by molar-refractivity contribution is 0.0187.